The van der Waals surface area contributed by atoms with E-state index in [4.69, 9.17) is 0 Å². The Morgan fingerprint density at radius 1 is 1.24 bits per heavy atom. The zero-order valence-electron chi connectivity index (χ0n) is 12.1. The first kappa shape index (κ1) is 18.6. The summed E-state index contributed by atoms with van der Waals surface area (Å²) in [6.07, 6.45) is 0.829. The molecule has 0 heterocycles. The highest BCUT2D eigenvalue weighted by Crippen LogP contribution is 2.34. The minimum Gasteiger partial charge on any atom is -0.374 e. The summed E-state index contributed by atoms with van der Waals surface area (Å²) in [7, 11) is 0. The molecular weight excluding hydrogens is 466 g/mol. The molecule has 0 saturated heterocycles. The smallest absolute Gasteiger partial charge is 0.259 e. The molecule has 0 aliphatic heterocycles. The van der Waals surface area contributed by atoms with Gasteiger partial charge in [-0.2, -0.15) is 5.10 Å². The molecule has 0 aliphatic carbocycles. The monoisotopic (exact) mass is 481 g/mol. The van der Waals surface area contributed by atoms with Gasteiger partial charge >= 0.3 is 0 Å². The summed E-state index contributed by atoms with van der Waals surface area (Å²) >= 11 is 10.3. The molecule has 0 bridgehead atoms. The molecule has 0 saturated carbocycles. The highest BCUT2D eigenvalue weighted by molar-refractivity contribution is 9.11. The topological polar surface area (TPSA) is 53.5 Å². The Kier molecular flexibility index (Phi) is 7.90. The average molecular weight is 484 g/mol. The minimum absolute atomic E-state index is 0.150. The number of amides is 1. The predicted molar refractivity (Wildman–Crippen MR) is 98.7 cm³/mol. The summed E-state index contributed by atoms with van der Waals surface area (Å²) in [4.78, 5) is 11.8. The second-order valence-electron chi connectivity index (χ2n) is 4.74. The minimum atomic E-state index is -0.177. The number of benzene rings is 1. The van der Waals surface area contributed by atoms with E-state index in [1.807, 2.05) is 19.1 Å². The van der Waals surface area contributed by atoms with Gasteiger partial charge in [-0.1, -0.05) is 36.7 Å². The molecule has 2 N–H and O–H groups in total. The molecule has 0 fully saturated rings. The van der Waals surface area contributed by atoms with Crippen molar-refractivity contribution in [3.05, 3.63) is 25.6 Å². The van der Waals surface area contributed by atoms with Crippen LogP contribution in [0.25, 0.3) is 0 Å². The quantitative estimate of drug-likeness (QED) is 0.445. The number of rotatable bonds is 6. The standard InChI is InChI=1S/C14H18Br3N3O/c1-4-12(8(2)3)19-20-13(21)7-18-14-10(16)5-9(15)6-11(14)17/h5-6,8,18H,4,7H2,1-3H3,(H,20,21)/b19-12-. The largest absolute Gasteiger partial charge is 0.374 e. The average Bonchev–Trinajstić information content (AvgIpc) is 2.37. The third-order valence-electron chi connectivity index (χ3n) is 2.79. The lowest BCUT2D eigenvalue weighted by atomic mass is 10.1. The van der Waals surface area contributed by atoms with Crippen LogP contribution in [0, 0.1) is 5.92 Å². The van der Waals surface area contributed by atoms with Crippen molar-refractivity contribution in [2.75, 3.05) is 11.9 Å². The van der Waals surface area contributed by atoms with Crippen LogP contribution in [-0.2, 0) is 4.79 Å². The maximum absolute atomic E-state index is 11.8. The number of hydrogen-bond acceptors (Lipinski definition) is 3. The van der Waals surface area contributed by atoms with Crippen molar-refractivity contribution >= 4 is 65.1 Å². The van der Waals surface area contributed by atoms with Crippen LogP contribution < -0.4 is 10.7 Å². The van der Waals surface area contributed by atoms with Crippen molar-refractivity contribution in [1.29, 1.82) is 0 Å². The zero-order chi connectivity index (χ0) is 16.0. The number of anilines is 1. The van der Waals surface area contributed by atoms with Crippen molar-refractivity contribution in [2.24, 2.45) is 11.0 Å². The van der Waals surface area contributed by atoms with Gasteiger partial charge < -0.3 is 5.32 Å². The Morgan fingerprint density at radius 2 is 1.81 bits per heavy atom. The van der Waals surface area contributed by atoms with E-state index in [0.717, 1.165) is 31.2 Å². The van der Waals surface area contributed by atoms with Gasteiger partial charge in [0.25, 0.3) is 5.91 Å². The molecule has 7 heteroatoms. The van der Waals surface area contributed by atoms with E-state index in [1.165, 1.54) is 0 Å². The van der Waals surface area contributed by atoms with Gasteiger partial charge in [-0.05, 0) is 56.3 Å². The molecule has 0 aromatic heterocycles. The van der Waals surface area contributed by atoms with E-state index < -0.39 is 0 Å². The summed E-state index contributed by atoms with van der Waals surface area (Å²) in [5.41, 5.74) is 4.39. The van der Waals surface area contributed by atoms with Crippen LogP contribution in [0.5, 0.6) is 0 Å². The van der Waals surface area contributed by atoms with Crippen molar-refractivity contribution in [2.45, 2.75) is 27.2 Å². The van der Waals surface area contributed by atoms with Crippen molar-refractivity contribution < 1.29 is 4.79 Å². The molecule has 1 aromatic carbocycles. The molecule has 21 heavy (non-hydrogen) atoms. The molecule has 116 valence electrons. The van der Waals surface area contributed by atoms with Crippen LogP contribution in [-0.4, -0.2) is 18.2 Å². The third-order valence-corrected chi connectivity index (χ3v) is 4.49. The summed E-state index contributed by atoms with van der Waals surface area (Å²) in [5, 5.41) is 7.24. The molecule has 4 nitrogen and oxygen atoms in total. The first-order valence-electron chi connectivity index (χ1n) is 6.58. The van der Waals surface area contributed by atoms with Crippen molar-refractivity contribution in [1.82, 2.24) is 5.43 Å². The fourth-order valence-corrected chi connectivity index (χ4v) is 4.21. The Bertz CT molecular complexity index is 521. The number of halogens is 3. The van der Waals surface area contributed by atoms with Crippen LogP contribution in [0.4, 0.5) is 5.69 Å². The number of nitrogens with zero attached hydrogens (tertiary/aromatic N) is 1. The summed E-state index contributed by atoms with van der Waals surface area (Å²) in [5.74, 6) is 0.154. The lowest BCUT2D eigenvalue weighted by molar-refractivity contribution is -0.119. The lowest BCUT2D eigenvalue weighted by Gasteiger charge is -2.11. The van der Waals surface area contributed by atoms with E-state index in [-0.39, 0.29) is 12.5 Å². The number of carbonyl (C=O) groups is 1. The molecule has 0 atom stereocenters. The molecular formula is C14H18Br3N3O. The SMILES string of the molecule is CC/C(=N/NC(=O)CNc1c(Br)cc(Br)cc1Br)C(C)C. The highest BCUT2D eigenvalue weighted by atomic mass is 79.9. The molecule has 1 amide bonds. The molecule has 1 aromatic rings. The number of hydrazone groups is 1. The van der Waals surface area contributed by atoms with Crippen LogP contribution in [0.15, 0.2) is 30.7 Å². The third kappa shape index (κ3) is 6.08. The maximum Gasteiger partial charge on any atom is 0.259 e. The van der Waals surface area contributed by atoms with Crippen LogP contribution in [0.1, 0.15) is 27.2 Å². The molecule has 0 aliphatic rings. The normalized spacial score (nSPS) is 11.7. The summed E-state index contributed by atoms with van der Waals surface area (Å²) in [6, 6.07) is 3.83. The van der Waals surface area contributed by atoms with E-state index >= 15 is 0 Å². The predicted octanol–water partition coefficient (Wildman–Crippen LogP) is 4.92. The zero-order valence-corrected chi connectivity index (χ0v) is 16.9. The molecule has 0 spiro atoms. The second kappa shape index (κ2) is 8.90. The Balaban J connectivity index is 2.62. The highest BCUT2D eigenvalue weighted by Gasteiger charge is 2.09. The van der Waals surface area contributed by atoms with E-state index in [1.54, 1.807) is 0 Å². The Labute approximate surface area is 150 Å². The molecule has 1 rings (SSSR count). The summed E-state index contributed by atoms with van der Waals surface area (Å²) in [6.45, 7) is 6.29. The van der Waals surface area contributed by atoms with Crippen molar-refractivity contribution in [3.8, 4) is 0 Å². The number of hydrogen-bond donors (Lipinski definition) is 2. The number of carbonyl (C=O) groups excluding carboxylic acids is 1. The summed E-state index contributed by atoms with van der Waals surface area (Å²) < 4.78 is 2.69. The van der Waals surface area contributed by atoms with E-state index in [0.29, 0.717) is 5.92 Å². The van der Waals surface area contributed by atoms with Crippen LogP contribution in [0.2, 0.25) is 0 Å². The van der Waals surface area contributed by atoms with Gasteiger partial charge in [0, 0.05) is 19.1 Å². The van der Waals surface area contributed by atoms with Gasteiger partial charge in [-0.25, -0.2) is 5.43 Å². The van der Waals surface area contributed by atoms with Crippen LogP contribution in [0.3, 0.4) is 0 Å². The van der Waals surface area contributed by atoms with Gasteiger partial charge in [0.05, 0.1) is 12.2 Å². The van der Waals surface area contributed by atoms with Gasteiger partial charge in [-0.15, -0.1) is 0 Å². The van der Waals surface area contributed by atoms with E-state index in [2.05, 4.69) is 77.5 Å². The van der Waals surface area contributed by atoms with Gasteiger partial charge in [-0.3, -0.25) is 4.79 Å². The van der Waals surface area contributed by atoms with E-state index in [9.17, 15) is 4.79 Å². The second-order valence-corrected chi connectivity index (χ2v) is 7.37. The fraction of sp³-hybridized carbons (Fsp3) is 0.429. The first-order chi connectivity index (χ1) is 9.85. The molecule has 0 unspecified atom stereocenters. The fourth-order valence-electron chi connectivity index (χ4n) is 1.67. The van der Waals surface area contributed by atoms with Crippen molar-refractivity contribution in [3.63, 3.8) is 0 Å². The van der Waals surface area contributed by atoms with Gasteiger partial charge in [0.2, 0.25) is 0 Å². The number of nitrogens with one attached hydrogen (secondary N) is 2. The van der Waals surface area contributed by atoms with Gasteiger partial charge in [0.1, 0.15) is 0 Å². The maximum atomic E-state index is 11.8. The van der Waals surface area contributed by atoms with Gasteiger partial charge in [0.15, 0.2) is 0 Å². The Morgan fingerprint density at radius 3 is 2.29 bits per heavy atom. The van der Waals surface area contributed by atoms with Crippen LogP contribution >= 0.6 is 47.8 Å². The first-order valence-corrected chi connectivity index (χ1v) is 8.96. The molecule has 0 radical (unpaired) electrons. The Hall–Kier alpha value is -0.400. The lowest BCUT2D eigenvalue weighted by Crippen LogP contribution is -2.27.